The number of likely N-dealkylation sites (N-methyl/N-ethyl adjacent to an activating group) is 1. The highest BCUT2D eigenvalue weighted by atomic mass is 16.2. The van der Waals surface area contributed by atoms with Crippen LogP contribution < -0.4 is 11.1 Å². The van der Waals surface area contributed by atoms with E-state index in [1.54, 1.807) is 0 Å². The zero-order valence-electron chi connectivity index (χ0n) is 13.0. The molecule has 1 atom stereocenters. The summed E-state index contributed by atoms with van der Waals surface area (Å²) in [7, 11) is 2.08. The van der Waals surface area contributed by atoms with Gasteiger partial charge in [0, 0.05) is 32.2 Å². The molecule has 1 aliphatic heterocycles. The highest BCUT2D eigenvalue weighted by Crippen LogP contribution is 2.27. The Morgan fingerprint density at radius 2 is 2.10 bits per heavy atom. The van der Waals surface area contributed by atoms with Crippen molar-refractivity contribution >= 4 is 5.91 Å². The minimum Gasteiger partial charge on any atom is -0.337 e. The number of nitrogens with one attached hydrogen (secondary N) is 1. The normalized spacial score (nSPS) is 27.0. The fraction of sp³-hybridized carbons (Fsp3) is 0.867. The fourth-order valence-corrected chi connectivity index (χ4v) is 3.39. The van der Waals surface area contributed by atoms with E-state index in [0.29, 0.717) is 13.1 Å². The maximum absolute atomic E-state index is 12.3. The third kappa shape index (κ3) is 4.16. The van der Waals surface area contributed by atoms with E-state index in [9.17, 15) is 10.1 Å². The Morgan fingerprint density at radius 1 is 1.38 bits per heavy atom. The number of carbonyl (C=O) groups excluding carboxylic acids is 1. The van der Waals surface area contributed by atoms with E-state index >= 15 is 0 Å². The summed E-state index contributed by atoms with van der Waals surface area (Å²) >= 11 is 0. The standard InChI is InChI=1S/C15H27N5O/c1-19-7-8-20(13(9-16)10-19)11-14(21)18-15(12-17)5-3-2-4-6-15/h13H,2-11,16H2,1H3,(H,18,21). The molecule has 1 saturated carbocycles. The lowest BCUT2D eigenvalue weighted by Gasteiger charge is -2.40. The predicted molar refractivity (Wildman–Crippen MR) is 81.5 cm³/mol. The summed E-state index contributed by atoms with van der Waals surface area (Å²) in [4.78, 5) is 16.7. The van der Waals surface area contributed by atoms with Gasteiger partial charge in [0.1, 0.15) is 5.54 Å². The van der Waals surface area contributed by atoms with E-state index < -0.39 is 5.54 Å². The molecule has 1 aliphatic carbocycles. The smallest absolute Gasteiger partial charge is 0.235 e. The first-order valence-electron chi connectivity index (χ1n) is 7.93. The van der Waals surface area contributed by atoms with E-state index in [-0.39, 0.29) is 11.9 Å². The molecular formula is C15H27N5O. The van der Waals surface area contributed by atoms with Crippen molar-refractivity contribution in [2.24, 2.45) is 5.73 Å². The Hall–Kier alpha value is -1.16. The lowest BCUT2D eigenvalue weighted by molar-refractivity contribution is -0.125. The van der Waals surface area contributed by atoms with E-state index in [1.807, 2.05) is 0 Å². The van der Waals surface area contributed by atoms with Crippen molar-refractivity contribution in [1.29, 1.82) is 5.26 Å². The molecule has 2 fully saturated rings. The first kappa shape index (κ1) is 16.2. The second-order valence-electron chi connectivity index (χ2n) is 6.42. The van der Waals surface area contributed by atoms with Gasteiger partial charge in [0.25, 0.3) is 0 Å². The zero-order chi connectivity index (χ0) is 15.3. The van der Waals surface area contributed by atoms with Crippen LogP contribution in [-0.2, 0) is 4.79 Å². The van der Waals surface area contributed by atoms with Gasteiger partial charge in [0.15, 0.2) is 0 Å². The summed E-state index contributed by atoms with van der Waals surface area (Å²) in [6, 6.07) is 2.56. The Morgan fingerprint density at radius 3 is 2.71 bits per heavy atom. The van der Waals surface area contributed by atoms with Crippen LogP contribution in [0.15, 0.2) is 0 Å². The van der Waals surface area contributed by atoms with Crippen LogP contribution in [0.5, 0.6) is 0 Å². The van der Waals surface area contributed by atoms with Crippen LogP contribution in [0.4, 0.5) is 0 Å². The van der Waals surface area contributed by atoms with Crippen molar-refractivity contribution in [2.45, 2.75) is 43.7 Å². The maximum atomic E-state index is 12.3. The van der Waals surface area contributed by atoms with Crippen molar-refractivity contribution < 1.29 is 4.79 Å². The second kappa shape index (κ2) is 7.21. The van der Waals surface area contributed by atoms with Gasteiger partial charge < -0.3 is 16.0 Å². The number of rotatable bonds is 4. The molecule has 0 aromatic carbocycles. The molecule has 1 amide bonds. The second-order valence-corrected chi connectivity index (χ2v) is 6.42. The average Bonchev–Trinajstić information content (AvgIpc) is 2.50. The van der Waals surface area contributed by atoms with Crippen molar-refractivity contribution in [3.05, 3.63) is 0 Å². The first-order chi connectivity index (χ1) is 10.1. The highest BCUT2D eigenvalue weighted by molar-refractivity contribution is 5.79. The number of piperazine rings is 1. The van der Waals surface area contributed by atoms with Gasteiger partial charge in [0.05, 0.1) is 12.6 Å². The van der Waals surface area contributed by atoms with Gasteiger partial charge in [-0.15, -0.1) is 0 Å². The van der Waals surface area contributed by atoms with Gasteiger partial charge in [-0.1, -0.05) is 19.3 Å². The molecule has 1 unspecified atom stereocenters. The summed E-state index contributed by atoms with van der Waals surface area (Å²) in [5.41, 5.74) is 5.18. The molecule has 21 heavy (non-hydrogen) atoms. The Kier molecular flexibility index (Phi) is 5.57. The third-order valence-electron chi connectivity index (χ3n) is 4.73. The van der Waals surface area contributed by atoms with Gasteiger partial charge >= 0.3 is 0 Å². The lowest BCUT2D eigenvalue weighted by Crippen LogP contribution is -2.58. The van der Waals surface area contributed by atoms with E-state index in [4.69, 9.17) is 5.73 Å². The average molecular weight is 293 g/mol. The molecule has 118 valence electrons. The summed E-state index contributed by atoms with van der Waals surface area (Å²) in [5.74, 6) is -0.0403. The van der Waals surface area contributed by atoms with Crippen molar-refractivity contribution in [2.75, 3.05) is 39.8 Å². The van der Waals surface area contributed by atoms with Crippen LogP contribution >= 0.6 is 0 Å². The molecule has 0 radical (unpaired) electrons. The highest BCUT2D eigenvalue weighted by Gasteiger charge is 2.34. The summed E-state index contributed by atoms with van der Waals surface area (Å²) in [6.45, 7) is 3.60. The van der Waals surface area contributed by atoms with E-state index in [1.165, 1.54) is 0 Å². The van der Waals surface area contributed by atoms with Crippen molar-refractivity contribution in [1.82, 2.24) is 15.1 Å². The number of nitriles is 1. The van der Waals surface area contributed by atoms with Crippen LogP contribution in [0, 0.1) is 11.3 Å². The minimum absolute atomic E-state index is 0.0403. The molecule has 0 spiro atoms. The number of amides is 1. The molecule has 2 aliphatic rings. The van der Waals surface area contributed by atoms with Crippen LogP contribution in [0.3, 0.4) is 0 Å². The number of hydrogen-bond acceptors (Lipinski definition) is 5. The van der Waals surface area contributed by atoms with Crippen molar-refractivity contribution in [3.8, 4) is 6.07 Å². The van der Waals surface area contributed by atoms with Crippen molar-refractivity contribution in [3.63, 3.8) is 0 Å². The van der Waals surface area contributed by atoms with Crippen LogP contribution in [0.1, 0.15) is 32.1 Å². The molecule has 0 bridgehead atoms. The number of hydrogen-bond donors (Lipinski definition) is 2. The number of nitrogens with zero attached hydrogens (tertiary/aromatic N) is 3. The van der Waals surface area contributed by atoms with E-state index in [2.05, 4.69) is 28.2 Å². The first-order valence-corrected chi connectivity index (χ1v) is 7.93. The molecule has 2 rings (SSSR count). The predicted octanol–water partition coefficient (Wildman–Crippen LogP) is -0.0962. The van der Waals surface area contributed by atoms with Crippen LogP contribution in [0.2, 0.25) is 0 Å². The van der Waals surface area contributed by atoms with Gasteiger partial charge in [-0.3, -0.25) is 9.69 Å². The molecule has 6 heteroatoms. The van der Waals surface area contributed by atoms with Crippen LogP contribution in [0.25, 0.3) is 0 Å². The Balaban J connectivity index is 1.90. The minimum atomic E-state index is -0.639. The van der Waals surface area contributed by atoms with Gasteiger partial charge in [-0.05, 0) is 19.9 Å². The molecule has 0 aromatic rings. The molecule has 0 aromatic heterocycles. The van der Waals surface area contributed by atoms with Crippen LogP contribution in [-0.4, -0.2) is 67.1 Å². The molecule has 1 saturated heterocycles. The lowest BCUT2D eigenvalue weighted by atomic mass is 9.83. The summed E-state index contributed by atoms with van der Waals surface area (Å²) < 4.78 is 0. The Bertz CT molecular complexity index is 399. The summed E-state index contributed by atoms with van der Waals surface area (Å²) in [5, 5.41) is 12.4. The largest absolute Gasteiger partial charge is 0.337 e. The molecule has 6 nitrogen and oxygen atoms in total. The molecule has 1 heterocycles. The molecule has 3 N–H and O–H groups in total. The van der Waals surface area contributed by atoms with Gasteiger partial charge in [-0.2, -0.15) is 5.26 Å². The zero-order valence-corrected chi connectivity index (χ0v) is 13.0. The topological polar surface area (TPSA) is 85.4 Å². The number of nitrogens with two attached hydrogens (primary N) is 1. The fourth-order valence-electron chi connectivity index (χ4n) is 3.39. The Labute approximate surface area is 127 Å². The van der Waals surface area contributed by atoms with E-state index in [0.717, 1.165) is 51.7 Å². The van der Waals surface area contributed by atoms with Gasteiger partial charge in [0.2, 0.25) is 5.91 Å². The third-order valence-corrected chi connectivity index (χ3v) is 4.73. The monoisotopic (exact) mass is 293 g/mol. The number of carbonyl (C=O) groups is 1. The summed E-state index contributed by atoms with van der Waals surface area (Å²) in [6.07, 6.45) is 4.76. The SMILES string of the molecule is CN1CCN(CC(=O)NC2(C#N)CCCCC2)C(CN)C1. The molecular weight excluding hydrogens is 266 g/mol. The maximum Gasteiger partial charge on any atom is 0.235 e. The quantitative estimate of drug-likeness (QED) is 0.756. The van der Waals surface area contributed by atoms with Gasteiger partial charge in [-0.25, -0.2) is 0 Å².